The number of benzene rings is 1. The summed E-state index contributed by atoms with van der Waals surface area (Å²) < 4.78 is 0. The van der Waals surface area contributed by atoms with Gasteiger partial charge >= 0.3 is 5.95 Å². The zero-order chi connectivity index (χ0) is 16.8. The number of hydrazone groups is 1. The summed E-state index contributed by atoms with van der Waals surface area (Å²) in [4.78, 5) is 22.5. The van der Waals surface area contributed by atoms with E-state index in [0.29, 0.717) is 10.7 Å². The highest BCUT2D eigenvalue weighted by molar-refractivity contribution is 6.30. The Kier molecular flexibility index (Phi) is 5.31. The second kappa shape index (κ2) is 7.40. The molecule has 0 saturated carbocycles. The summed E-state index contributed by atoms with van der Waals surface area (Å²) >= 11 is 5.77. The molecule has 0 unspecified atom stereocenters. The Bertz CT molecular complexity index is 741. The van der Waals surface area contributed by atoms with Crippen molar-refractivity contribution >= 4 is 29.2 Å². The Balaban J connectivity index is 1.86. The first-order valence-corrected chi connectivity index (χ1v) is 6.80. The van der Waals surface area contributed by atoms with Gasteiger partial charge in [0.1, 0.15) is 6.54 Å². The predicted octanol–water partition coefficient (Wildman–Crippen LogP) is 0.969. The molecule has 0 atom stereocenters. The number of carbonyl (C=O) groups is 1. The van der Waals surface area contributed by atoms with Gasteiger partial charge in [-0.1, -0.05) is 28.5 Å². The third-order valence-electron chi connectivity index (χ3n) is 2.63. The molecule has 0 spiro atoms. The van der Waals surface area contributed by atoms with E-state index in [0.717, 1.165) is 10.4 Å². The quantitative estimate of drug-likeness (QED) is 0.475. The summed E-state index contributed by atoms with van der Waals surface area (Å²) in [5.41, 5.74) is 3.65. The topological polar surface area (TPSA) is 128 Å². The molecule has 0 fully saturated rings. The number of hydrogen-bond donors (Lipinski definition) is 1. The van der Waals surface area contributed by atoms with Crippen molar-refractivity contribution in [1.29, 1.82) is 0 Å². The van der Waals surface area contributed by atoms with E-state index in [1.165, 1.54) is 0 Å². The number of carbonyl (C=O) groups excluding carboxylic acids is 1. The Morgan fingerprint density at radius 1 is 1.43 bits per heavy atom. The maximum atomic E-state index is 11.8. The summed E-state index contributed by atoms with van der Waals surface area (Å²) in [6.45, 7) is 1.69. The standard InChI is InChI=1S/C12H12ClN7O3/c1-8(7-19-17-12(16-18-19)20(22)23)14-15-11(21)6-9-2-4-10(13)5-3-9/h2-5H,6-7H2,1H3,(H,15,21)/b14-8+. The Labute approximate surface area is 135 Å². The van der Waals surface area contributed by atoms with Crippen LogP contribution in [0.5, 0.6) is 0 Å². The highest BCUT2D eigenvalue weighted by Gasteiger charge is 2.15. The number of aromatic nitrogens is 4. The monoisotopic (exact) mass is 337 g/mol. The van der Waals surface area contributed by atoms with Crippen molar-refractivity contribution in [2.75, 3.05) is 0 Å². The molecule has 23 heavy (non-hydrogen) atoms. The molecule has 10 nitrogen and oxygen atoms in total. The number of tetrazole rings is 1. The number of nitrogens with zero attached hydrogens (tertiary/aromatic N) is 6. The molecule has 0 aliphatic heterocycles. The van der Waals surface area contributed by atoms with Gasteiger partial charge in [0.25, 0.3) is 0 Å². The van der Waals surface area contributed by atoms with E-state index in [1.807, 2.05) is 0 Å². The largest absolute Gasteiger partial charge is 0.514 e. The van der Waals surface area contributed by atoms with Gasteiger partial charge in [-0.05, 0) is 29.5 Å². The van der Waals surface area contributed by atoms with Crippen LogP contribution in [-0.2, 0) is 17.8 Å². The van der Waals surface area contributed by atoms with Crippen LogP contribution in [0, 0.1) is 10.1 Å². The van der Waals surface area contributed by atoms with Crippen LogP contribution in [0.3, 0.4) is 0 Å². The van der Waals surface area contributed by atoms with Crippen molar-refractivity contribution in [3.8, 4) is 0 Å². The Morgan fingerprint density at radius 2 is 2.13 bits per heavy atom. The third kappa shape index (κ3) is 5.11. The molecule has 2 rings (SSSR count). The predicted molar refractivity (Wildman–Crippen MR) is 80.9 cm³/mol. The molecule has 2 aromatic rings. The second-order valence-corrected chi connectivity index (χ2v) is 5.00. The van der Waals surface area contributed by atoms with E-state index >= 15 is 0 Å². The van der Waals surface area contributed by atoms with Gasteiger partial charge in [-0.3, -0.25) is 4.79 Å². The van der Waals surface area contributed by atoms with E-state index in [9.17, 15) is 14.9 Å². The van der Waals surface area contributed by atoms with Gasteiger partial charge in [0.15, 0.2) is 0 Å². The van der Waals surface area contributed by atoms with Gasteiger partial charge in [0.05, 0.1) is 22.3 Å². The lowest BCUT2D eigenvalue weighted by molar-refractivity contribution is -0.394. The molecule has 1 aromatic heterocycles. The minimum atomic E-state index is -0.746. The third-order valence-corrected chi connectivity index (χ3v) is 2.88. The Hall–Kier alpha value is -2.88. The molecule has 0 aliphatic carbocycles. The molecule has 0 saturated heterocycles. The summed E-state index contributed by atoms with van der Waals surface area (Å²) in [7, 11) is 0. The molecule has 1 aromatic carbocycles. The van der Waals surface area contributed by atoms with Crippen molar-refractivity contribution in [3.63, 3.8) is 0 Å². The number of rotatable bonds is 6. The van der Waals surface area contributed by atoms with Gasteiger partial charge in [0.2, 0.25) is 5.91 Å². The summed E-state index contributed by atoms with van der Waals surface area (Å²) in [5, 5.41) is 25.2. The minimum absolute atomic E-state index is 0.0715. The van der Waals surface area contributed by atoms with Gasteiger partial charge in [-0.2, -0.15) is 5.10 Å². The molecular formula is C12H12ClN7O3. The molecule has 1 heterocycles. The SMILES string of the molecule is C/C(Cn1nnc([N+](=O)[O-])n1)=N\NC(=O)Cc1ccc(Cl)cc1. The van der Waals surface area contributed by atoms with E-state index in [1.54, 1.807) is 31.2 Å². The lowest BCUT2D eigenvalue weighted by atomic mass is 10.1. The molecule has 1 N–H and O–H groups in total. The molecule has 11 heteroatoms. The first-order chi connectivity index (χ1) is 10.9. The van der Waals surface area contributed by atoms with Crippen LogP contribution in [0.25, 0.3) is 0 Å². The van der Waals surface area contributed by atoms with Crippen LogP contribution in [0.2, 0.25) is 5.02 Å². The fraction of sp³-hybridized carbons (Fsp3) is 0.250. The molecule has 1 amide bonds. The second-order valence-electron chi connectivity index (χ2n) is 4.56. The maximum Gasteiger partial charge on any atom is 0.514 e. The van der Waals surface area contributed by atoms with Crippen LogP contribution in [0.4, 0.5) is 5.95 Å². The Morgan fingerprint density at radius 3 is 2.74 bits per heavy atom. The number of hydrogen-bond acceptors (Lipinski definition) is 7. The van der Waals surface area contributed by atoms with E-state index in [4.69, 9.17) is 11.6 Å². The molecular weight excluding hydrogens is 326 g/mol. The summed E-state index contributed by atoms with van der Waals surface area (Å²) in [5.74, 6) is -0.895. The first kappa shape index (κ1) is 16.5. The smallest absolute Gasteiger partial charge is 0.390 e. The molecule has 120 valence electrons. The highest BCUT2D eigenvalue weighted by Crippen LogP contribution is 2.09. The average Bonchev–Trinajstić information content (AvgIpc) is 2.96. The van der Waals surface area contributed by atoms with Crippen LogP contribution in [0.15, 0.2) is 29.4 Å². The lowest BCUT2D eigenvalue weighted by Crippen LogP contribution is -2.22. The number of amides is 1. The zero-order valence-electron chi connectivity index (χ0n) is 12.0. The van der Waals surface area contributed by atoms with Crippen molar-refractivity contribution < 1.29 is 9.72 Å². The zero-order valence-corrected chi connectivity index (χ0v) is 12.8. The first-order valence-electron chi connectivity index (χ1n) is 6.42. The number of nitrogens with one attached hydrogen (secondary N) is 1. The molecule has 0 bridgehead atoms. The van der Waals surface area contributed by atoms with Crippen LogP contribution >= 0.6 is 11.6 Å². The van der Waals surface area contributed by atoms with Crippen molar-refractivity contribution in [2.24, 2.45) is 5.10 Å². The van der Waals surface area contributed by atoms with Crippen LogP contribution < -0.4 is 5.43 Å². The summed E-state index contributed by atoms with van der Waals surface area (Å²) in [6, 6.07) is 6.89. The average molecular weight is 338 g/mol. The van der Waals surface area contributed by atoms with Gasteiger partial charge in [0, 0.05) is 10.2 Å². The van der Waals surface area contributed by atoms with Gasteiger partial charge in [-0.15, -0.1) is 0 Å². The minimum Gasteiger partial charge on any atom is -0.390 e. The molecule has 0 aliphatic rings. The lowest BCUT2D eigenvalue weighted by Gasteiger charge is -2.02. The maximum absolute atomic E-state index is 11.8. The fourth-order valence-electron chi connectivity index (χ4n) is 1.60. The van der Waals surface area contributed by atoms with E-state index in [-0.39, 0.29) is 18.9 Å². The van der Waals surface area contributed by atoms with Gasteiger partial charge in [-0.25, -0.2) is 5.43 Å². The van der Waals surface area contributed by atoms with Crippen LogP contribution in [-0.4, -0.2) is 36.7 Å². The van der Waals surface area contributed by atoms with E-state index < -0.39 is 10.9 Å². The number of nitro groups is 1. The number of halogens is 1. The van der Waals surface area contributed by atoms with E-state index in [2.05, 4.69) is 25.9 Å². The highest BCUT2D eigenvalue weighted by atomic mass is 35.5. The summed E-state index contributed by atoms with van der Waals surface area (Å²) in [6.07, 6.45) is 0.154. The van der Waals surface area contributed by atoms with Crippen LogP contribution in [0.1, 0.15) is 12.5 Å². The normalized spacial score (nSPS) is 11.3. The van der Waals surface area contributed by atoms with Crippen molar-refractivity contribution in [3.05, 3.63) is 45.0 Å². The van der Waals surface area contributed by atoms with Gasteiger partial charge < -0.3 is 10.1 Å². The molecule has 0 radical (unpaired) electrons. The van der Waals surface area contributed by atoms with Crippen molar-refractivity contribution in [1.82, 2.24) is 25.6 Å². The van der Waals surface area contributed by atoms with Crippen molar-refractivity contribution in [2.45, 2.75) is 19.9 Å². The fourth-order valence-corrected chi connectivity index (χ4v) is 1.73.